The Hall–Kier alpha value is -2.28. The van der Waals surface area contributed by atoms with E-state index in [1.807, 2.05) is 0 Å². The van der Waals surface area contributed by atoms with Crippen LogP contribution < -0.4 is 10.1 Å². The molecule has 0 aromatic heterocycles. The van der Waals surface area contributed by atoms with Gasteiger partial charge >= 0.3 is 12.0 Å². The number of aromatic carboxylic acids is 1. The minimum absolute atomic E-state index is 0.0149. The van der Waals surface area contributed by atoms with Crippen LogP contribution in [0, 0.1) is 0 Å². The molecule has 1 aromatic rings. The van der Waals surface area contributed by atoms with E-state index in [9.17, 15) is 14.7 Å². The van der Waals surface area contributed by atoms with Crippen LogP contribution in [0.25, 0.3) is 0 Å². The maximum absolute atomic E-state index is 12.0. The van der Waals surface area contributed by atoms with Gasteiger partial charge in [0.25, 0.3) is 0 Å². The number of carbonyl (C=O) groups excluding carboxylic acids is 1. The summed E-state index contributed by atoms with van der Waals surface area (Å²) in [6.07, 6.45) is 0.00197. The predicted molar refractivity (Wildman–Crippen MR) is 71.2 cm³/mol. The Morgan fingerprint density at radius 1 is 1.45 bits per heavy atom. The maximum atomic E-state index is 12.0. The molecular weight excluding hydrogens is 264 g/mol. The van der Waals surface area contributed by atoms with E-state index in [1.54, 1.807) is 0 Å². The third-order valence-electron chi connectivity index (χ3n) is 3.15. The van der Waals surface area contributed by atoms with Crippen molar-refractivity contribution in [1.29, 1.82) is 0 Å². The number of carboxylic acid groups (broad SMARTS) is 1. The van der Waals surface area contributed by atoms with Crippen molar-refractivity contribution in [2.24, 2.45) is 0 Å². The number of β-amino-alcohol motifs (C(OH)–C–C–N with tert-alkyl or cyclic N) is 1. The van der Waals surface area contributed by atoms with Gasteiger partial charge in [0.15, 0.2) is 0 Å². The molecule has 0 spiro atoms. The van der Waals surface area contributed by atoms with Gasteiger partial charge in [-0.2, -0.15) is 0 Å². The van der Waals surface area contributed by atoms with Crippen LogP contribution in [0.2, 0.25) is 0 Å². The van der Waals surface area contributed by atoms with Crippen LogP contribution >= 0.6 is 0 Å². The smallest absolute Gasteiger partial charge is 0.337 e. The molecule has 7 heteroatoms. The molecule has 1 unspecified atom stereocenters. The van der Waals surface area contributed by atoms with Crippen LogP contribution in [0.1, 0.15) is 16.8 Å². The van der Waals surface area contributed by atoms with Gasteiger partial charge in [0, 0.05) is 19.2 Å². The summed E-state index contributed by atoms with van der Waals surface area (Å²) in [4.78, 5) is 24.6. The number of hydrogen-bond donors (Lipinski definition) is 3. The minimum atomic E-state index is -1.13. The highest BCUT2D eigenvalue weighted by Crippen LogP contribution is 2.23. The molecule has 2 rings (SSSR count). The fourth-order valence-electron chi connectivity index (χ4n) is 2.06. The molecule has 1 heterocycles. The Kier molecular flexibility index (Phi) is 4.09. The second-order valence-corrected chi connectivity index (χ2v) is 4.54. The van der Waals surface area contributed by atoms with E-state index < -0.39 is 18.1 Å². The number of carboxylic acids is 1. The van der Waals surface area contributed by atoms with E-state index in [0.29, 0.717) is 18.7 Å². The number of nitrogens with one attached hydrogen (secondary N) is 1. The van der Waals surface area contributed by atoms with Crippen LogP contribution in [0.3, 0.4) is 0 Å². The zero-order valence-corrected chi connectivity index (χ0v) is 11.0. The molecule has 0 bridgehead atoms. The first-order valence-corrected chi connectivity index (χ1v) is 6.16. The summed E-state index contributed by atoms with van der Waals surface area (Å²) in [5, 5.41) is 21.1. The van der Waals surface area contributed by atoms with Crippen molar-refractivity contribution in [3.8, 4) is 5.75 Å². The number of methoxy groups -OCH3 is 1. The first-order chi connectivity index (χ1) is 9.51. The van der Waals surface area contributed by atoms with Gasteiger partial charge in [-0.1, -0.05) is 0 Å². The maximum Gasteiger partial charge on any atom is 0.337 e. The molecule has 0 radical (unpaired) electrons. The number of ether oxygens (including phenoxy) is 1. The monoisotopic (exact) mass is 280 g/mol. The number of likely N-dealkylation sites (tertiary alicyclic amines) is 1. The number of carbonyl (C=O) groups is 2. The topological polar surface area (TPSA) is 99.1 Å². The summed E-state index contributed by atoms with van der Waals surface area (Å²) < 4.78 is 5.02. The van der Waals surface area contributed by atoms with Crippen LogP contribution in [0.15, 0.2) is 18.2 Å². The van der Waals surface area contributed by atoms with Crippen LogP contribution in [0.5, 0.6) is 5.75 Å². The second kappa shape index (κ2) is 5.79. The van der Waals surface area contributed by atoms with Gasteiger partial charge in [-0.05, 0) is 18.6 Å². The van der Waals surface area contributed by atoms with E-state index in [4.69, 9.17) is 9.84 Å². The summed E-state index contributed by atoms with van der Waals surface area (Å²) in [6, 6.07) is 3.90. The van der Waals surface area contributed by atoms with Gasteiger partial charge in [-0.15, -0.1) is 0 Å². The first-order valence-electron chi connectivity index (χ1n) is 6.16. The third kappa shape index (κ3) is 3.00. The lowest BCUT2D eigenvalue weighted by Crippen LogP contribution is -2.34. The van der Waals surface area contributed by atoms with Crippen LogP contribution in [0.4, 0.5) is 10.5 Å². The SMILES string of the molecule is COc1ccc(C(=O)O)c(NC(=O)N2CCC(O)C2)c1. The highest BCUT2D eigenvalue weighted by atomic mass is 16.5. The summed E-state index contributed by atoms with van der Waals surface area (Å²) >= 11 is 0. The Morgan fingerprint density at radius 2 is 2.20 bits per heavy atom. The highest BCUT2D eigenvalue weighted by Gasteiger charge is 2.25. The molecule has 1 saturated heterocycles. The fourth-order valence-corrected chi connectivity index (χ4v) is 2.06. The van der Waals surface area contributed by atoms with Crippen LogP contribution in [-0.2, 0) is 0 Å². The Bertz CT molecular complexity index is 531. The van der Waals surface area contributed by atoms with Crippen molar-refractivity contribution in [1.82, 2.24) is 4.90 Å². The highest BCUT2D eigenvalue weighted by molar-refractivity contribution is 6.00. The number of nitrogens with zero attached hydrogens (tertiary/aromatic N) is 1. The standard InChI is InChI=1S/C13H16N2O5/c1-20-9-2-3-10(12(17)18)11(6-9)14-13(19)15-5-4-8(16)7-15/h2-3,6,8,16H,4-5,7H2,1H3,(H,14,19)(H,17,18). The summed E-state index contributed by atoms with van der Waals surface area (Å²) in [5.74, 6) is -0.684. The zero-order chi connectivity index (χ0) is 14.7. The number of rotatable bonds is 3. The molecule has 7 nitrogen and oxygen atoms in total. The predicted octanol–water partition coefficient (Wildman–Crippen LogP) is 0.992. The molecule has 1 aliphatic rings. The van der Waals surface area contributed by atoms with Gasteiger partial charge in [-0.25, -0.2) is 9.59 Å². The molecule has 1 atom stereocenters. The molecule has 0 saturated carbocycles. The quantitative estimate of drug-likeness (QED) is 0.767. The zero-order valence-electron chi connectivity index (χ0n) is 11.0. The molecule has 0 aliphatic carbocycles. The van der Waals surface area contributed by atoms with Crippen molar-refractivity contribution in [2.75, 3.05) is 25.5 Å². The van der Waals surface area contributed by atoms with Crippen molar-refractivity contribution in [3.63, 3.8) is 0 Å². The largest absolute Gasteiger partial charge is 0.497 e. The van der Waals surface area contributed by atoms with Gasteiger partial charge in [0.2, 0.25) is 0 Å². The first kappa shape index (κ1) is 14.1. The Balaban J connectivity index is 2.18. The molecule has 108 valence electrons. The van der Waals surface area contributed by atoms with E-state index in [2.05, 4.69) is 5.32 Å². The fraction of sp³-hybridized carbons (Fsp3) is 0.385. The van der Waals surface area contributed by atoms with E-state index >= 15 is 0 Å². The normalized spacial score (nSPS) is 17.9. The third-order valence-corrected chi connectivity index (χ3v) is 3.15. The van der Waals surface area contributed by atoms with Crippen molar-refractivity contribution < 1.29 is 24.5 Å². The lowest BCUT2D eigenvalue weighted by molar-refractivity contribution is 0.0698. The number of amides is 2. The molecular formula is C13H16N2O5. The molecule has 2 amide bonds. The summed E-state index contributed by atoms with van der Waals surface area (Å²) in [5.41, 5.74) is 0.155. The van der Waals surface area contributed by atoms with Gasteiger partial charge < -0.3 is 25.2 Å². The minimum Gasteiger partial charge on any atom is -0.497 e. The molecule has 1 aromatic carbocycles. The number of hydrogen-bond acceptors (Lipinski definition) is 4. The molecule has 20 heavy (non-hydrogen) atoms. The van der Waals surface area contributed by atoms with Gasteiger partial charge in [-0.3, -0.25) is 0 Å². The number of anilines is 1. The van der Waals surface area contributed by atoms with Gasteiger partial charge in [0.05, 0.1) is 24.5 Å². The van der Waals surface area contributed by atoms with E-state index in [0.717, 1.165) is 0 Å². The molecule has 3 N–H and O–H groups in total. The van der Waals surface area contributed by atoms with E-state index in [1.165, 1.54) is 30.2 Å². The molecule has 1 aliphatic heterocycles. The van der Waals surface area contributed by atoms with Crippen LogP contribution in [-0.4, -0.2) is 53.4 Å². The lowest BCUT2D eigenvalue weighted by atomic mass is 10.1. The lowest BCUT2D eigenvalue weighted by Gasteiger charge is -2.17. The average Bonchev–Trinajstić information content (AvgIpc) is 2.85. The van der Waals surface area contributed by atoms with Crippen molar-refractivity contribution in [3.05, 3.63) is 23.8 Å². The number of aliphatic hydroxyl groups is 1. The number of urea groups is 1. The molecule has 1 fully saturated rings. The second-order valence-electron chi connectivity index (χ2n) is 4.54. The average molecular weight is 280 g/mol. The number of aliphatic hydroxyl groups excluding tert-OH is 1. The Morgan fingerprint density at radius 3 is 2.75 bits per heavy atom. The van der Waals surface area contributed by atoms with Crippen molar-refractivity contribution >= 4 is 17.7 Å². The number of benzene rings is 1. The summed E-state index contributed by atoms with van der Waals surface area (Å²) in [6.45, 7) is 0.692. The Labute approximate surface area is 115 Å². The van der Waals surface area contributed by atoms with E-state index in [-0.39, 0.29) is 17.8 Å². The summed E-state index contributed by atoms with van der Waals surface area (Å²) in [7, 11) is 1.46. The van der Waals surface area contributed by atoms with Gasteiger partial charge in [0.1, 0.15) is 5.75 Å². The van der Waals surface area contributed by atoms with Crippen molar-refractivity contribution in [2.45, 2.75) is 12.5 Å².